The first-order valence-electron chi connectivity index (χ1n) is 9.51. The average Bonchev–Trinajstić information content (AvgIpc) is 3.18. The molecule has 1 aliphatic rings. The molecule has 1 aliphatic carbocycles. The van der Waals surface area contributed by atoms with Crippen LogP contribution in [-0.2, 0) is 11.2 Å². The number of halogens is 2. The minimum absolute atomic E-state index is 0.181. The monoisotopic (exact) mass is 428 g/mol. The highest BCUT2D eigenvalue weighted by Crippen LogP contribution is 2.35. The molecule has 1 heterocycles. The molecule has 4 rings (SSSR count). The van der Waals surface area contributed by atoms with E-state index in [4.69, 9.17) is 23.1 Å². The molecule has 0 saturated heterocycles. The zero-order valence-electron chi connectivity index (χ0n) is 16.2. The van der Waals surface area contributed by atoms with E-state index in [-0.39, 0.29) is 17.0 Å². The van der Waals surface area contributed by atoms with Crippen LogP contribution in [0.25, 0.3) is 11.3 Å². The molecule has 1 unspecified atom stereocenters. The molecule has 1 aromatic heterocycles. The zero-order valence-corrected chi connectivity index (χ0v) is 17.0. The van der Waals surface area contributed by atoms with E-state index >= 15 is 0 Å². The Balaban J connectivity index is 0.000000171. The maximum Gasteiger partial charge on any atom is 0.252 e. The minimum Gasteiger partial charge on any atom is -0.370 e. The van der Waals surface area contributed by atoms with E-state index in [1.807, 2.05) is 18.2 Å². The summed E-state index contributed by atoms with van der Waals surface area (Å²) >= 11 is 5.94. The lowest BCUT2D eigenvalue weighted by Crippen LogP contribution is -2.18. The van der Waals surface area contributed by atoms with Crippen molar-refractivity contribution in [2.75, 3.05) is 0 Å². The van der Waals surface area contributed by atoms with Gasteiger partial charge in [-0.05, 0) is 60.6 Å². The summed E-state index contributed by atoms with van der Waals surface area (Å²) in [5.41, 5.74) is 13.7. The van der Waals surface area contributed by atoms with Crippen LogP contribution in [0.4, 0.5) is 4.39 Å². The molecule has 2 amide bonds. The first-order valence-corrected chi connectivity index (χ1v) is 9.89. The second kappa shape index (κ2) is 9.54. The molecule has 0 spiro atoms. The van der Waals surface area contributed by atoms with Crippen molar-refractivity contribution in [3.05, 3.63) is 76.2 Å². The van der Waals surface area contributed by atoms with Gasteiger partial charge in [-0.1, -0.05) is 29.8 Å². The number of benzene rings is 2. The number of nitrogens with zero attached hydrogens (tertiary/aromatic N) is 1. The van der Waals surface area contributed by atoms with E-state index in [9.17, 15) is 14.0 Å². The number of amides is 2. The van der Waals surface area contributed by atoms with E-state index in [1.165, 1.54) is 23.4 Å². The number of aromatic nitrogens is 2. The molecule has 30 heavy (non-hydrogen) atoms. The van der Waals surface area contributed by atoms with E-state index < -0.39 is 11.7 Å². The Bertz CT molecular complexity index is 1070. The molecule has 156 valence electrons. The summed E-state index contributed by atoms with van der Waals surface area (Å²) in [6, 6.07) is 12.0. The maximum absolute atomic E-state index is 13.4. The van der Waals surface area contributed by atoms with Crippen molar-refractivity contribution in [1.29, 1.82) is 0 Å². The lowest BCUT2D eigenvalue weighted by atomic mass is 9.81. The number of nitrogens with two attached hydrogens (primary N) is 2. The molecule has 0 fully saturated rings. The van der Waals surface area contributed by atoms with Gasteiger partial charge in [0.25, 0.3) is 5.91 Å². The van der Waals surface area contributed by atoms with Gasteiger partial charge in [0, 0.05) is 17.0 Å². The SMILES string of the molecule is NC(=O)CC1CCCc2cc(Cl)ccc21.NC(=O)c1cn[nH]c1-c1ccccc1F. The van der Waals surface area contributed by atoms with Crippen molar-refractivity contribution in [2.45, 2.75) is 31.6 Å². The molecule has 8 heteroatoms. The van der Waals surface area contributed by atoms with Crippen molar-refractivity contribution >= 4 is 23.4 Å². The summed E-state index contributed by atoms with van der Waals surface area (Å²) < 4.78 is 13.4. The van der Waals surface area contributed by atoms with Crippen LogP contribution in [-0.4, -0.2) is 22.0 Å². The third-order valence-electron chi connectivity index (χ3n) is 5.04. The lowest BCUT2D eigenvalue weighted by molar-refractivity contribution is -0.118. The largest absolute Gasteiger partial charge is 0.370 e. The van der Waals surface area contributed by atoms with E-state index in [2.05, 4.69) is 10.2 Å². The molecule has 1 atom stereocenters. The maximum atomic E-state index is 13.4. The molecular weight excluding hydrogens is 407 g/mol. The molecule has 3 aromatic rings. The Morgan fingerprint density at radius 3 is 2.67 bits per heavy atom. The van der Waals surface area contributed by atoms with Gasteiger partial charge in [-0.3, -0.25) is 14.7 Å². The van der Waals surface area contributed by atoms with Crippen LogP contribution in [0.15, 0.2) is 48.7 Å². The number of fused-ring (bicyclic) bond motifs is 1. The second-order valence-corrected chi connectivity index (χ2v) is 7.54. The molecule has 6 nitrogen and oxygen atoms in total. The standard InChI is InChI=1S/C12H14ClNO.C10H8FN3O/c13-10-4-5-11-8(6-10)2-1-3-9(11)7-12(14)15;11-8-4-2-1-3-6(8)9-7(10(12)15)5-13-14-9/h4-6,9H,1-3,7H2,(H2,14,15);1-5H,(H2,12,15)(H,13,14). The number of hydrogen-bond acceptors (Lipinski definition) is 3. The minimum atomic E-state index is -0.637. The van der Waals surface area contributed by atoms with Crippen LogP contribution in [0, 0.1) is 5.82 Å². The molecule has 0 aliphatic heterocycles. The molecule has 0 radical (unpaired) electrons. The van der Waals surface area contributed by atoms with Crippen molar-refractivity contribution in [1.82, 2.24) is 10.2 Å². The van der Waals surface area contributed by atoms with E-state index in [1.54, 1.807) is 18.2 Å². The fourth-order valence-electron chi connectivity index (χ4n) is 3.68. The second-order valence-electron chi connectivity index (χ2n) is 7.11. The average molecular weight is 429 g/mol. The Morgan fingerprint density at radius 1 is 1.20 bits per heavy atom. The van der Waals surface area contributed by atoms with Crippen LogP contribution in [0.3, 0.4) is 0 Å². The molecule has 0 bridgehead atoms. The number of nitrogens with one attached hydrogen (secondary N) is 1. The van der Waals surface area contributed by atoms with Gasteiger partial charge in [-0.2, -0.15) is 5.10 Å². The lowest BCUT2D eigenvalue weighted by Gasteiger charge is -2.24. The number of H-pyrrole nitrogens is 1. The van der Waals surface area contributed by atoms with Crippen LogP contribution in [0.1, 0.15) is 46.7 Å². The predicted octanol–water partition coefficient (Wildman–Crippen LogP) is 3.95. The van der Waals surface area contributed by atoms with Crippen molar-refractivity contribution in [3.8, 4) is 11.3 Å². The number of carbonyl (C=O) groups excluding carboxylic acids is 2. The van der Waals surface area contributed by atoms with Crippen molar-refractivity contribution in [2.24, 2.45) is 11.5 Å². The summed E-state index contributed by atoms with van der Waals surface area (Å²) in [5.74, 6) is -0.988. The van der Waals surface area contributed by atoms with Crippen LogP contribution in [0.5, 0.6) is 0 Å². The molecule has 2 aromatic carbocycles. The van der Waals surface area contributed by atoms with E-state index in [0.29, 0.717) is 18.0 Å². The van der Waals surface area contributed by atoms with Gasteiger partial charge in [0.1, 0.15) is 5.82 Å². The van der Waals surface area contributed by atoms with Gasteiger partial charge in [0.05, 0.1) is 17.5 Å². The first-order chi connectivity index (χ1) is 14.4. The van der Waals surface area contributed by atoms with Crippen molar-refractivity contribution in [3.63, 3.8) is 0 Å². The Hall–Kier alpha value is -3.19. The topological polar surface area (TPSA) is 115 Å². The van der Waals surface area contributed by atoms with Crippen LogP contribution >= 0.6 is 11.6 Å². The van der Waals surface area contributed by atoms with Crippen LogP contribution in [0.2, 0.25) is 5.02 Å². The highest BCUT2D eigenvalue weighted by molar-refractivity contribution is 6.30. The van der Waals surface area contributed by atoms with Gasteiger partial charge in [0.15, 0.2) is 0 Å². The van der Waals surface area contributed by atoms with Crippen LogP contribution < -0.4 is 11.5 Å². The number of rotatable bonds is 4. The summed E-state index contributed by atoms with van der Waals surface area (Å²) in [5, 5.41) is 6.99. The fraction of sp³-hybridized carbons (Fsp3) is 0.227. The molecular formula is C22H22ClFN4O2. The Labute approximate surface area is 178 Å². The van der Waals surface area contributed by atoms with Gasteiger partial charge in [-0.25, -0.2) is 4.39 Å². The van der Waals surface area contributed by atoms with Gasteiger partial charge in [-0.15, -0.1) is 0 Å². The number of carbonyl (C=O) groups is 2. The Morgan fingerprint density at radius 2 is 1.97 bits per heavy atom. The normalized spacial score (nSPS) is 14.9. The summed E-state index contributed by atoms with van der Waals surface area (Å²) in [4.78, 5) is 21.9. The third-order valence-corrected chi connectivity index (χ3v) is 5.27. The number of hydrogen-bond donors (Lipinski definition) is 3. The number of aromatic amines is 1. The molecule has 0 saturated carbocycles. The highest BCUT2D eigenvalue weighted by Gasteiger charge is 2.21. The van der Waals surface area contributed by atoms with E-state index in [0.717, 1.165) is 24.3 Å². The number of primary amides is 2. The molecule has 5 N–H and O–H groups in total. The van der Waals surface area contributed by atoms with Gasteiger partial charge in [0.2, 0.25) is 5.91 Å². The fourth-order valence-corrected chi connectivity index (χ4v) is 3.88. The quantitative estimate of drug-likeness (QED) is 0.584. The predicted molar refractivity (Wildman–Crippen MR) is 113 cm³/mol. The zero-order chi connectivity index (χ0) is 21.7. The third kappa shape index (κ3) is 5.04. The smallest absolute Gasteiger partial charge is 0.252 e. The summed E-state index contributed by atoms with van der Waals surface area (Å²) in [7, 11) is 0. The van der Waals surface area contributed by atoms with Gasteiger partial charge >= 0.3 is 0 Å². The van der Waals surface area contributed by atoms with Crippen molar-refractivity contribution < 1.29 is 14.0 Å². The highest BCUT2D eigenvalue weighted by atomic mass is 35.5. The first kappa shape index (κ1) is 21.5. The van der Waals surface area contributed by atoms with Gasteiger partial charge < -0.3 is 11.5 Å². The summed E-state index contributed by atoms with van der Waals surface area (Å²) in [6.07, 6.45) is 4.97. The Kier molecular flexibility index (Phi) is 6.84. The summed E-state index contributed by atoms with van der Waals surface area (Å²) in [6.45, 7) is 0. The number of aryl methyl sites for hydroxylation is 1.